The standard InChI is InChI=1S/C22H17ClN4O4/c1-15-2-7-17(8-3-15)20(12-6-16-4-9-18(23)10-5-16)24-25-21-13-11-19(26(28)29)14-22(21)27(30)31/h2-14,25H,1H3/b12-6+,24-20-. The minimum absolute atomic E-state index is 0.0418. The van der Waals surface area contributed by atoms with Crippen LogP contribution in [0.25, 0.3) is 6.08 Å². The van der Waals surface area contributed by atoms with Gasteiger partial charge in [0.05, 0.1) is 21.6 Å². The molecule has 1 N–H and O–H groups in total. The van der Waals surface area contributed by atoms with Crippen molar-refractivity contribution < 1.29 is 9.85 Å². The quantitative estimate of drug-likeness (QED) is 0.277. The van der Waals surface area contributed by atoms with Crippen LogP contribution in [0.4, 0.5) is 17.1 Å². The van der Waals surface area contributed by atoms with Crippen LogP contribution in [-0.4, -0.2) is 15.6 Å². The van der Waals surface area contributed by atoms with Gasteiger partial charge in [0.2, 0.25) is 0 Å². The molecule has 0 aliphatic rings. The minimum atomic E-state index is -0.694. The molecule has 0 fully saturated rings. The van der Waals surface area contributed by atoms with E-state index < -0.39 is 15.5 Å². The second-order valence-electron chi connectivity index (χ2n) is 6.58. The van der Waals surface area contributed by atoms with Gasteiger partial charge >= 0.3 is 5.69 Å². The van der Waals surface area contributed by atoms with Crippen molar-refractivity contribution in [2.24, 2.45) is 5.10 Å². The maximum atomic E-state index is 11.4. The number of non-ortho nitro benzene ring substituents is 1. The Bertz CT molecular complexity index is 1170. The molecule has 0 aliphatic carbocycles. The topological polar surface area (TPSA) is 111 Å². The summed E-state index contributed by atoms with van der Waals surface area (Å²) >= 11 is 5.92. The van der Waals surface area contributed by atoms with Gasteiger partial charge in [-0.1, -0.05) is 59.6 Å². The highest BCUT2D eigenvalue weighted by molar-refractivity contribution is 6.30. The smallest absolute Gasteiger partial charge is 0.271 e. The lowest BCUT2D eigenvalue weighted by Crippen LogP contribution is -2.03. The van der Waals surface area contributed by atoms with Gasteiger partial charge in [-0.25, -0.2) is 0 Å². The highest BCUT2D eigenvalue weighted by Gasteiger charge is 2.19. The molecule has 3 aromatic carbocycles. The number of nitrogens with zero attached hydrogens (tertiary/aromatic N) is 3. The molecule has 31 heavy (non-hydrogen) atoms. The molecule has 0 bridgehead atoms. The Morgan fingerprint density at radius 3 is 2.26 bits per heavy atom. The van der Waals surface area contributed by atoms with Crippen LogP contribution in [0.2, 0.25) is 5.02 Å². The zero-order valence-corrected chi connectivity index (χ0v) is 17.1. The zero-order chi connectivity index (χ0) is 22.4. The Kier molecular flexibility index (Phi) is 6.74. The van der Waals surface area contributed by atoms with Crippen LogP contribution in [0.15, 0.2) is 77.9 Å². The lowest BCUT2D eigenvalue weighted by Gasteiger charge is -2.06. The summed E-state index contributed by atoms with van der Waals surface area (Å²) in [6.07, 6.45) is 3.60. The van der Waals surface area contributed by atoms with E-state index in [0.29, 0.717) is 10.7 Å². The molecule has 9 heteroatoms. The summed E-state index contributed by atoms with van der Waals surface area (Å²) in [5.74, 6) is 0. The summed E-state index contributed by atoms with van der Waals surface area (Å²) in [4.78, 5) is 20.9. The number of benzene rings is 3. The molecule has 8 nitrogen and oxygen atoms in total. The molecule has 0 heterocycles. The second-order valence-corrected chi connectivity index (χ2v) is 7.01. The first-order valence-electron chi connectivity index (χ1n) is 9.11. The Morgan fingerprint density at radius 2 is 1.65 bits per heavy atom. The van der Waals surface area contributed by atoms with E-state index in [4.69, 9.17) is 11.6 Å². The van der Waals surface area contributed by atoms with Crippen LogP contribution < -0.4 is 5.43 Å². The molecular formula is C22H17ClN4O4. The molecule has 0 saturated carbocycles. The van der Waals surface area contributed by atoms with Crippen LogP contribution in [0, 0.1) is 27.2 Å². The number of nitrogens with one attached hydrogen (secondary N) is 1. The predicted molar refractivity (Wildman–Crippen MR) is 122 cm³/mol. The first kappa shape index (κ1) is 21.7. The first-order chi connectivity index (χ1) is 14.8. The van der Waals surface area contributed by atoms with Gasteiger partial charge in [-0.2, -0.15) is 5.10 Å². The van der Waals surface area contributed by atoms with E-state index >= 15 is 0 Å². The van der Waals surface area contributed by atoms with Crippen molar-refractivity contribution >= 4 is 40.5 Å². The van der Waals surface area contributed by atoms with E-state index in [1.54, 1.807) is 18.2 Å². The van der Waals surface area contributed by atoms with Crippen molar-refractivity contribution in [1.82, 2.24) is 0 Å². The number of allylic oxidation sites excluding steroid dienone is 1. The average Bonchev–Trinajstić information content (AvgIpc) is 2.75. The summed E-state index contributed by atoms with van der Waals surface area (Å²) in [5.41, 5.74) is 5.17. The molecule has 0 atom stereocenters. The molecule has 3 aromatic rings. The Morgan fingerprint density at radius 1 is 0.968 bits per heavy atom. The Labute approximate surface area is 182 Å². The number of hydrazone groups is 1. The maximum Gasteiger partial charge on any atom is 0.301 e. The van der Waals surface area contributed by atoms with Gasteiger partial charge in [0, 0.05) is 16.7 Å². The predicted octanol–water partition coefficient (Wildman–Crippen LogP) is 5.99. The maximum absolute atomic E-state index is 11.4. The summed E-state index contributed by atoms with van der Waals surface area (Å²) in [5, 5.41) is 27.2. The molecule has 0 amide bonds. The van der Waals surface area contributed by atoms with Gasteiger partial charge in [0.15, 0.2) is 0 Å². The molecule has 3 rings (SSSR count). The average molecular weight is 437 g/mol. The highest BCUT2D eigenvalue weighted by atomic mass is 35.5. The van der Waals surface area contributed by atoms with Gasteiger partial charge < -0.3 is 0 Å². The second kappa shape index (κ2) is 9.64. The normalized spacial score (nSPS) is 11.5. The fourth-order valence-corrected chi connectivity index (χ4v) is 2.80. The Hall–Kier alpha value is -4.04. The monoisotopic (exact) mass is 436 g/mol. The van der Waals surface area contributed by atoms with Crippen LogP contribution in [0.5, 0.6) is 0 Å². The fraction of sp³-hybridized carbons (Fsp3) is 0.0455. The van der Waals surface area contributed by atoms with Crippen molar-refractivity contribution in [3.05, 3.63) is 115 Å². The fourth-order valence-electron chi connectivity index (χ4n) is 2.67. The number of aryl methyl sites for hydroxylation is 1. The molecular weight excluding hydrogens is 420 g/mol. The highest BCUT2D eigenvalue weighted by Crippen LogP contribution is 2.29. The third-order valence-corrected chi connectivity index (χ3v) is 4.59. The van der Waals surface area contributed by atoms with E-state index in [1.807, 2.05) is 49.4 Å². The van der Waals surface area contributed by atoms with Gasteiger partial charge in [0.1, 0.15) is 5.69 Å². The van der Waals surface area contributed by atoms with E-state index in [9.17, 15) is 20.2 Å². The third kappa shape index (κ3) is 5.74. The molecule has 0 aliphatic heterocycles. The van der Waals surface area contributed by atoms with E-state index in [2.05, 4.69) is 10.5 Å². The third-order valence-electron chi connectivity index (χ3n) is 4.34. The van der Waals surface area contributed by atoms with Gasteiger partial charge in [-0.15, -0.1) is 0 Å². The van der Waals surface area contributed by atoms with E-state index in [0.717, 1.165) is 22.8 Å². The first-order valence-corrected chi connectivity index (χ1v) is 9.48. The van der Waals surface area contributed by atoms with Crippen molar-refractivity contribution in [2.75, 3.05) is 5.43 Å². The molecule has 0 radical (unpaired) electrons. The van der Waals surface area contributed by atoms with Gasteiger partial charge in [-0.05, 0) is 36.8 Å². The number of rotatable bonds is 7. The lowest BCUT2D eigenvalue weighted by molar-refractivity contribution is -0.393. The number of halogens is 1. The van der Waals surface area contributed by atoms with Crippen LogP contribution in [-0.2, 0) is 0 Å². The summed E-state index contributed by atoms with van der Waals surface area (Å²) in [6, 6.07) is 18.2. The summed E-state index contributed by atoms with van der Waals surface area (Å²) in [7, 11) is 0. The Balaban J connectivity index is 1.97. The molecule has 0 unspecified atom stereocenters. The van der Waals surface area contributed by atoms with Gasteiger partial charge in [0.25, 0.3) is 5.69 Å². The molecule has 156 valence electrons. The minimum Gasteiger partial charge on any atom is -0.271 e. The lowest BCUT2D eigenvalue weighted by atomic mass is 10.1. The number of hydrogen-bond acceptors (Lipinski definition) is 6. The van der Waals surface area contributed by atoms with E-state index in [1.165, 1.54) is 12.1 Å². The largest absolute Gasteiger partial charge is 0.301 e. The van der Waals surface area contributed by atoms with Crippen LogP contribution >= 0.6 is 11.6 Å². The number of nitro benzene ring substituents is 2. The molecule has 0 aromatic heterocycles. The van der Waals surface area contributed by atoms with Gasteiger partial charge in [-0.3, -0.25) is 25.7 Å². The van der Waals surface area contributed by atoms with Crippen molar-refractivity contribution in [3.63, 3.8) is 0 Å². The molecule has 0 saturated heterocycles. The number of nitro groups is 2. The van der Waals surface area contributed by atoms with E-state index in [-0.39, 0.29) is 11.4 Å². The SMILES string of the molecule is Cc1ccc(C(/C=C/c2ccc(Cl)cc2)=N\Nc2ccc([N+](=O)[O-])cc2[N+](=O)[O-])cc1. The summed E-state index contributed by atoms with van der Waals surface area (Å²) < 4.78 is 0. The van der Waals surface area contributed by atoms with Crippen LogP contribution in [0.1, 0.15) is 16.7 Å². The van der Waals surface area contributed by atoms with Crippen molar-refractivity contribution in [1.29, 1.82) is 0 Å². The number of anilines is 1. The number of hydrogen-bond donors (Lipinski definition) is 1. The summed E-state index contributed by atoms with van der Waals surface area (Å²) in [6.45, 7) is 1.96. The molecule has 0 spiro atoms. The van der Waals surface area contributed by atoms with Crippen molar-refractivity contribution in [2.45, 2.75) is 6.92 Å². The van der Waals surface area contributed by atoms with Crippen LogP contribution in [0.3, 0.4) is 0 Å². The van der Waals surface area contributed by atoms with Crippen molar-refractivity contribution in [3.8, 4) is 0 Å². The zero-order valence-electron chi connectivity index (χ0n) is 16.4.